The molecular formula is C67H45N3. The number of aromatic nitrogens is 3. The highest BCUT2D eigenvalue weighted by Gasteiger charge is 2.60. The normalized spacial score (nSPS) is 18.5. The van der Waals surface area contributed by atoms with Gasteiger partial charge in [-0.2, -0.15) is 0 Å². The summed E-state index contributed by atoms with van der Waals surface area (Å²) in [5.74, 6) is 0.779. The average molecular weight is 892 g/mol. The minimum atomic E-state index is -0.683. The van der Waals surface area contributed by atoms with Crippen LogP contribution in [0.2, 0.25) is 0 Å². The average Bonchev–Trinajstić information content (AvgIpc) is 3.80. The summed E-state index contributed by atoms with van der Waals surface area (Å²) in [5, 5.41) is 2.38. The van der Waals surface area contributed by atoms with E-state index in [0.29, 0.717) is 5.82 Å². The highest BCUT2D eigenvalue weighted by Crippen LogP contribution is 2.67. The van der Waals surface area contributed by atoms with Gasteiger partial charge in [0.15, 0.2) is 5.82 Å². The van der Waals surface area contributed by atoms with E-state index >= 15 is 0 Å². The van der Waals surface area contributed by atoms with Crippen LogP contribution in [0.3, 0.4) is 0 Å². The zero-order valence-electron chi connectivity index (χ0n) is 38.3. The lowest BCUT2D eigenvalue weighted by Gasteiger charge is -2.50. The lowest BCUT2D eigenvalue weighted by Crippen LogP contribution is -2.46. The van der Waals surface area contributed by atoms with Crippen LogP contribution < -0.4 is 0 Å². The fourth-order valence-electron chi connectivity index (χ4n) is 12.5. The number of hydrogen-bond acceptors (Lipinski definition) is 2. The number of hydrogen-bond donors (Lipinski definition) is 0. The number of allylic oxidation sites excluding steroid dienone is 6. The van der Waals surface area contributed by atoms with Crippen molar-refractivity contribution in [3.63, 3.8) is 0 Å². The van der Waals surface area contributed by atoms with E-state index in [-0.39, 0.29) is 5.92 Å². The predicted molar refractivity (Wildman–Crippen MR) is 287 cm³/mol. The van der Waals surface area contributed by atoms with E-state index < -0.39 is 10.8 Å². The largest absolute Gasteiger partial charge is 0.309 e. The van der Waals surface area contributed by atoms with E-state index in [1.807, 2.05) is 6.07 Å². The summed E-state index contributed by atoms with van der Waals surface area (Å²) in [6.07, 6.45) is 11.4. The third kappa shape index (κ3) is 5.76. The van der Waals surface area contributed by atoms with Gasteiger partial charge in [0, 0.05) is 39.1 Å². The second-order valence-electron chi connectivity index (χ2n) is 18.8. The second-order valence-corrected chi connectivity index (χ2v) is 18.8. The van der Waals surface area contributed by atoms with Crippen molar-refractivity contribution in [3.8, 4) is 39.6 Å². The smallest absolute Gasteiger partial charge is 0.160 e. The molecule has 3 nitrogen and oxygen atoms in total. The lowest BCUT2D eigenvalue weighted by molar-refractivity contribution is 0.512. The minimum absolute atomic E-state index is 0.0901. The summed E-state index contributed by atoms with van der Waals surface area (Å²) < 4.78 is 2.36. The summed E-state index contributed by atoms with van der Waals surface area (Å²) in [6, 6.07) is 86.7. The molecule has 3 aliphatic carbocycles. The maximum atomic E-state index is 5.43. The molecule has 9 aromatic carbocycles. The van der Waals surface area contributed by atoms with Gasteiger partial charge in [-0.05, 0) is 92.5 Å². The van der Waals surface area contributed by atoms with Gasteiger partial charge in [-0.25, -0.2) is 9.97 Å². The second kappa shape index (κ2) is 15.8. The molecule has 0 fully saturated rings. The third-order valence-electron chi connectivity index (χ3n) is 15.3. The molecule has 0 aliphatic heterocycles. The van der Waals surface area contributed by atoms with Crippen LogP contribution in [-0.4, -0.2) is 14.5 Å². The van der Waals surface area contributed by atoms with Crippen LogP contribution in [0.5, 0.6) is 0 Å². The Morgan fingerprint density at radius 3 is 1.79 bits per heavy atom. The molecular weight excluding hydrogens is 847 g/mol. The molecule has 70 heavy (non-hydrogen) atoms. The maximum absolute atomic E-state index is 5.43. The van der Waals surface area contributed by atoms with Gasteiger partial charge in [0.1, 0.15) is 0 Å². The fourth-order valence-corrected chi connectivity index (χ4v) is 12.5. The van der Waals surface area contributed by atoms with Crippen LogP contribution in [0, 0.1) is 5.92 Å². The molecule has 14 rings (SSSR count). The number of nitrogens with zero attached hydrogens (tertiary/aromatic N) is 3. The summed E-state index contributed by atoms with van der Waals surface area (Å²) in [5.41, 5.74) is 18.8. The van der Waals surface area contributed by atoms with Gasteiger partial charge in [0.05, 0.1) is 33.3 Å². The first-order valence-electron chi connectivity index (χ1n) is 24.3. The Balaban J connectivity index is 1.02. The SMILES string of the molecule is C1=CC=C2c3cccc4c3C(c3ccccc3)(c3ccccc3C4(c3ccccc3)c3cccc(-c4cc(-c5ccc6c(c5)c5ccccc5n6-c5ccccc5)nc(-c5ccccc5)n4)c3)C2C=C1. The zero-order chi connectivity index (χ0) is 46.2. The van der Waals surface area contributed by atoms with E-state index in [4.69, 9.17) is 9.97 Å². The van der Waals surface area contributed by atoms with Crippen molar-refractivity contribution in [1.29, 1.82) is 0 Å². The van der Waals surface area contributed by atoms with Gasteiger partial charge in [0.2, 0.25) is 0 Å². The number of benzene rings is 9. The number of para-hydroxylation sites is 2. The molecule has 3 unspecified atom stereocenters. The van der Waals surface area contributed by atoms with Gasteiger partial charge in [-0.15, -0.1) is 0 Å². The van der Waals surface area contributed by atoms with E-state index in [2.05, 4.69) is 265 Å². The zero-order valence-corrected chi connectivity index (χ0v) is 38.3. The van der Waals surface area contributed by atoms with E-state index in [1.54, 1.807) is 0 Å². The predicted octanol–water partition coefficient (Wildman–Crippen LogP) is 15.7. The summed E-state index contributed by atoms with van der Waals surface area (Å²) in [7, 11) is 0. The third-order valence-corrected chi connectivity index (χ3v) is 15.3. The molecule has 0 bridgehead atoms. The minimum Gasteiger partial charge on any atom is -0.309 e. The van der Waals surface area contributed by atoms with Crippen LogP contribution in [0.4, 0.5) is 0 Å². The number of rotatable bonds is 7. The molecule has 0 spiro atoms. The first-order chi connectivity index (χ1) is 34.7. The van der Waals surface area contributed by atoms with E-state index in [1.165, 1.54) is 66.4 Å². The Hall–Kier alpha value is -8.92. The highest BCUT2D eigenvalue weighted by atomic mass is 15.0. The highest BCUT2D eigenvalue weighted by molar-refractivity contribution is 6.10. The van der Waals surface area contributed by atoms with Crippen molar-refractivity contribution >= 4 is 27.4 Å². The first kappa shape index (κ1) is 40.2. The number of fused-ring (bicyclic) bond motifs is 8. The molecule has 3 atom stereocenters. The maximum Gasteiger partial charge on any atom is 0.160 e. The van der Waals surface area contributed by atoms with Crippen molar-refractivity contribution in [3.05, 3.63) is 311 Å². The topological polar surface area (TPSA) is 30.7 Å². The van der Waals surface area contributed by atoms with Gasteiger partial charge < -0.3 is 4.57 Å². The molecule has 2 aromatic heterocycles. The Bertz CT molecular complexity index is 3940. The van der Waals surface area contributed by atoms with Crippen LogP contribution in [0.25, 0.3) is 67.0 Å². The van der Waals surface area contributed by atoms with E-state index in [0.717, 1.165) is 39.3 Å². The van der Waals surface area contributed by atoms with Crippen molar-refractivity contribution in [2.75, 3.05) is 0 Å². The Morgan fingerprint density at radius 2 is 1.00 bits per heavy atom. The molecule has 0 saturated heterocycles. The van der Waals surface area contributed by atoms with Crippen LogP contribution in [0.15, 0.2) is 267 Å². The Morgan fingerprint density at radius 1 is 0.400 bits per heavy atom. The van der Waals surface area contributed by atoms with Crippen LogP contribution >= 0.6 is 0 Å². The summed E-state index contributed by atoms with van der Waals surface area (Å²) in [6.45, 7) is 0. The molecule has 2 heterocycles. The Kier molecular flexibility index (Phi) is 9.09. The molecule has 0 radical (unpaired) electrons. The van der Waals surface area contributed by atoms with Gasteiger partial charge in [-0.3, -0.25) is 0 Å². The van der Waals surface area contributed by atoms with Crippen molar-refractivity contribution < 1.29 is 0 Å². The summed E-state index contributed by atoms with van der Waals surface area (Å²) in [4.78, 5) is 10.8. The first-order valence-corrected chi connectivity index (χ1v) is 24.3. The van der Waals surface area contributed by atoms with Crippen molar-refractivity contribution in [1.82, 2.24) is 14.5 Å². The van der Waals surface area contributed by atoms with E-state index in [9.17, 15) is 0 Å². The molecule has 328 valence electrons. The molecule has 0 amide bonds. The van der Waals surface area contributed by atoms with Crippen molar-refractivity contribution in [2.24, 2.45) is 5.92 Å². The fraction of sp³-hybridized carbons (Fsp3) is 0.0448. The van der Waals surface area contributed by atoms with Gasteiger partial charge in [0.25, 0.3) is 0 Å². The molecule has 3 aliphatic rings. The molecule has 3 heteroatoms. The Labute approximate surface area is 407 Å². The molecule has 0 saturated carbocycles. The summed E-state index contributed by atoms with van der Waals surface area (Å²) >= 11 is 0. The van der Waals surface area contributed by atoms with Crippen LogP contribution in [0.1, 0.15) is 44.5 Å². The quantitative estimate of drug-likeness (QED) is 0.160. The molecule has 11 aromatic rings. The van der Waals surface area contributed by atoms with Crippen molar-refractivity contribution in [2.45, 2.75) is 10.8 Å². The van der Waals surface area contributed by atoms with Crippen LogP contribution in [-0.2, 0) is 10.8 Å². The lowest BCUT2D eigenvalue weighted by atomic mass is 9.51. The van der Waals surface area contributed by atoms with Gasteiger partial charge >= 0.3 is 0 Å². The van der Waals surface area contributed by atoms with Gasteiger partial charge in [-0.1, -0.05) is 225 Å². The monoisotopic (exact) mass is 891 g/mol. The molecule has 0 N–H and O–H groups in total. The standard InChI is InChI=1S/C67H45N3/c1-6-22-45(23-7-1)65-68-60(44-61(69-65)47-40-41-63-55(43-47)53-33-16-19-39-62(53)70(63)51-30-12-4-13-31-51)46-24-20-29-50(42-46)66(48-25-8-2-9-26-48)57-36-17-18-37-58(57)67(49-27-10-3-11-28-49)56-35-15-5-14-32-52(56)54-34-21-38-59(66)64(54)67/h1-44,56H.